The molecule has 2 aromatic carbocycles. The van der Waals surface area contributed by atoms with Crippen molar-refractivity contribution in [3.05, 3.63) is 77.7 Å². The summed E-state index contributed by atoms with van der Waals surface area (Å²) in [5.74, 6) is -0.951. The summed E-state index contributed by atoms with van der Waals surface area (Å²) in [6, 6.07) is 14.7. The van der Waals surface area contributed by atoms with Gasteiger partial charge in [0.25, 0.3) is 0 Å². The van der Waals surface area contributed by atoms with Crippen molar-refractivity contribution in [3.63, 3.8) is 0 Å². The molecule has 0 bridgehead atoms. The van der Waals surface area contributed by atoms with Gasteiger partial charge in [0, 0.05) is 51.2 Å². The Hall–Kier alpha value is -3.11. The summed E-state index contributed by atoms with van der Waals surface area (Å²) < 4.78 is 0. The zero-order chi connectivity index (χ0) is 17.4. The number of nitrogens with one attached hydrogen (secondary N) is 1. The van der Waals surface area contributed by atoms with Crippen molar-refractivity contribution < 1.29 is 9.90 Å². The first-order chi connectivity index (χ1) is 12.1. The van der Waals surface area contributed by atoms with E-state index < -0.39 is 5.97 Å². The number of aromatic carboxylic acids is 1. The zero-order valence-corrected chi connectivity index (χ0v) is 13.8. The van der Waals surface area contributed by atoms with Crippen molar-refractivity contribution >= 4 is 28.5 Å². The molecule has 0 saturated heterocycles. The van der Waals surface area contributed by atoms with Crippen molar-refractivity contribution in [1.29, 1.82) is 0 Å². The fourth-order valence-electron chi connectivity index (χ4n) is 2.98. The molecule has 0 spiro atoms. The van der Waals surface area contributed by atoms with Gasteiger partial charge < -0.3 is 10.1 Å². The second-order valence-corrected chi connectivity index (χ2v) is 6.14. The summed E-state index contributed by atoms with van der Waals surface area (Å²) in [6.07, 6.45) is 5.33. The van der Waals surface area contributed by atoms with Crippen molar-refractivity contribution in [1.82, 2.24) is 9.97 Å². The molecule has 25 heavy (non-hydrogen) atoms. The summed E-state index contributed by atoms with van der Waals surface area (Å²) in [4.78, 5) is 19.0. The lowest BCUT2D eigenvalue weighted by molar-refractivity contribution is 0.0699. The number of carbonyl (C=O) groups is 1. The molecule has 0 saturated carbocycles. The molecule has 0 aliphatic carbocycles. The molecule has 0 fully saturated rings. The Morgan fingerprint density at radius 1 is 1.00 bits per heavy atom. The molecular weight excluding hydrogens is 336 g/mol. The largest absolute Gasteiger partial charge is 0.478 e. The smallest absolute Gasteiger partial charge is 0.336 e. The molecule has 4 nitrogen and oxygen atoms in total. The standard InChI is InChI=1S/C20H13ClN2O2/c21-15-6-4-12(5-7-15)13-8-14(10-22-9-13)17-11-23-18-3-1-2-16(19(17)18)20(24)25/h1-11,23H,(H,24,25). The summed E-state index contributed by atoms with van der Waals surface area (Å²) in [7, 11) is 0. The van der Waals surface area contributed by atoms with E-state index in [0.29, 0.717) is 10.4 Å². The Morgan fingerprint density at radius 2 is 1.76 bits per heavy atom. The van der Waals surface area contributed by atoms with E-state index in [0.717, 1.165) is 27.8 Å². The molecule has 4 aromatic rings. The third-order valence-electron chi connectivity index (χ3n) is 4.16. The van der Waals surface area contributed by atoms with E-state index in [9.17, 15) is 9.90 Å². The molecule has 0 amide bonds. The second kappa shape index (κ2) is 6.07. The number of pyridine rings is 1. The van der Waals surface area contributed by atoms with Crippen LogP contribution in [0.25, 0.3) is 33.2 Å². The van der Waals surface area contributed by atoms with Crippen molar-refractivity contribution in [2.75, 3.05) is 0 Å². The van der Waals surface area contributed by atoms with Gasteiger partial charge in [0.15, 0.2) is 0 Å². The molecule has 4 rings (SSSR count). The molecule has 122 valence electrons. The first-order valence-electron chi connectivity index (χ1n) is 7.68. The van der Waals surface area contributed by atoms with Gasteiger partial charge in [0.2, 0.25) is 0 Å². The average molecular weight is 349 g/mol. The van der Waals surface area contributed by atoms with Gasteiger partial charge in [0.05, 0.1) is 5.56 Å². The highest BCUT2D eigenvalue weighted by Crippen LogP contribution is 2.33. The van der Waals surface area contributed by atoms with Crippen LogP contribution in [0.1, 0.15) is 10.4 Å². The molecule has 2 N–H and O–H groups in total. The number of carboxylic acid groups (broad SMARTS) is 1. The topological polar surface area (TPSA) is 66.0 Å². The number of rotatable bonds is 3. The van der Waals surface area contributed by atoms with Gasteiger partial charge >= 0.3 is 5.97 Å². The summed E-state index contributed by atoms with van der Waals surface area (Å²) >= 11 is 5.95. The third-order valence-corrected chi connectivity index (χ3v) is 4.41. The highest BCUT2D eigenvalue weighted by atomic mass is 35.5. The number of benzene rings is 2. The van der Waals surface area contributed by atoms with Crippen LogP contribution >= 0.6 is 11.6 Å². The number of halogens is 1. The molecule has 0 unspecified atom stereocenters. The Morgan fingerprint density at radius 3 is 2.52 bits per heavy atom. The number of nitrogens with zero attached hydrogens (tertiary/aromatic N) is 1. The molecule has 0 aliphatic rings. The van der Waals surface area contributed by atoms with Crippen LogP contribution in [0.4, 0.5) is 0 Å². The van der Waals surface area contributed by atoms with E-state index in [2.05, 4.69) is 9.97 Å². The molecule has 2 heterocycles. The minimum Gasteiger partial charge on any atom is -0.478 e. The van der Waals surface area contributed by atoms with E-state index >= 15 is 0 Å². The van der Waals surface area contributed by atoms with Crippen molar-refractivity contribution in [3.8, 4) is 22.3 Å². The lowest BCUT2D eigenvalue weighted by Gasteiger charge is -2.06. The third kappa shape index (κ3) is 2.77. The maximum Gasteiger partial charge on any atom is 0.336 e. The average Bonchev–Trinajstić information content (AvgIpc) is 3.06. The van der Waals surface area contributed by atoms with Gasteiger partial charge in [-0.3, -0.25) is 4.98 Å². The quantitative estimate of drug-likeness (QED) is 0.531. The maximum absolute atomic E-state index is 11.6. The van der Waals surface area contributed by atoms with Gasteiger partial charge in [-0.1, -0.05) is 29.8 Å². The highest BCUT2D eigenvalue weighted by Gasteiger charge is 2.15. The van der Waals surface area contributed by atoms with Crippen LogP contribution in [0, 0.1) is 0 Å². The SMILES string of the molecule is O=C(O)c1cccc2[nH]cc(-c3cncc(-c4ccc(Cl)cc4)c3)c12. The van der Waals surface area contributed by atoms with Crippen LogP contribution in [0.3, 0.4) is 0 Å². The lowest BCUT2D eigenvalue weighted by atomic mass is 9.99. The Balaban J connectivity index is 1.89. The zero-order valence-electron chi connectivity index (χ0n) is 13.0. The van der Waals surface area contributed by atoms with E-state index in [1.807, 2.05) is 42.6 Å². The van der Waals surface area contributed by atoms with E-state index in [-0.39, 0.29) is 5.56 Å². The van der Waals surface area contributed by atoms with Crippen LogP contribution in [-0.4, -0.2) is 21.0 Å². The van der Waals surface area contributed by atoms with Gasteiger partial charge in [0.1, 0.15) is 0 Å². The van der Waals surface area contributed by atoms with Gasteiger partial charge in [-0.15, -0.1) is 0 Å². The number of aromatic nitrogens is 2. The van der Waals surface area contributed by atoms with Crippen molar-refractivity contribution in [2.45, 2.75) is 0 Å². The monoisotopic (exact) mass is 348 g/mol. The summed E-state index contributed by atoms with van der Waals surface area (Å²) in [6.45, 7) is 0. The maximum atomic E-state index is 11.6. The van der Waals surface area contributed by atoms with Crippen LogP contribution < -0.4 is 0 Å². The lowest BCUT2D eigenvalue weighted by Crippen LogP contribution is -1.97. The fraction of sp³-hybridized carbons (Fsp3) is 0. The minimum atomic E-state index is -0.951. The number of hydrogen-bond donors (Lipinski definition) is 2. The van der Waals surface area contributed by atoms with Gasteiger partial charge in [-0.25, -0.2) is 4.79 Å². The second-order valence-electron chi connectivity index (χ2n) is 5.70. The first-order valence-corrected chi connectivity index (χ1v) is 8.06. The number of carboxylic acids is 1. The first kappa shape index (κ1) is 15.4. The van der Waals surface area contributed by atoms with Crippen LogP contribution in [0.15, 0.2) is 67.1 Å². The molecule has 0 aliphatic heterocycles. The molecular formula is C20H13ClN2O2. The van der Waals surface area contributed by atoms with Crippen LogP contribution in [0.5, 0.6) is 0 Å². The minimum absolute atomic E-state index is 0.269. The normalized spacial score (nSPS) is 10.9. The Kier molecular flexibility index (Phi) is 3.75. The molecule has 2 aromatic heterocycles. The fourth-order valence-corrected chi connectivity index (χ4v) is 3.10. The van der Waals surface area contributed by atoms with E-state index in [4.69, 9.17) is 11.6 Å². The predicted octanol–water partition coefficient (Wildman–Crippen LogP) is 5.25. The van der Waals surface area contributed by atoms with Crippen LogP contribution in [0.2, 0.25) is 5.02 Å². The number of aromatic amines is 1. The summed E-state index contributed by atoms with van der Waals surface area (Å²) in [5, 5.41) is 10.9. The number of fused-ring (bicyclic) bond motifs is 1. The Bertz CT molecular complexity index is 1080. The summed E-state index contributed by atoms with van der Waals surface area (Å²) in [5.41, 5.74) is 4.66. The van der Waals surface area contributed by atoms with Crippen molar-refractivity contribution in [2.24, 2.45) is 0 Å². The Labute approximate surface area is 148 Å². The predicted molar refractivity (Wildman–Crippen MR) is 98.9 cm³/mol. The van der Waals surface area contributed by atoms with Crippen LogP contribution in [-0.2, 0) is 0 Å². The van der Waals surface area contributed by atoms with E-state index in [1.54, 1.807) is 24.5 Å². The molecule has 0 radical (unpaired) electrons. The van der Waals surface area contributed by atoms with E-state index in [1.165, 1.54) is 0 Å². The molecule has 5 heteroatoms. The number of H-pyrrole nitrogens is 1. The van der Waals surface area contributed by atoms with Gasteiger partial charge in [-0.05, 0) is 35.9 Å². The molecule has 0 atom stereocenters. The highest BCUT2D eigenvalue weighted by molar-refractivity contribution is 6.30. The number of hydrogen-bond acceptors (Lipinski definition) is 2. The van der Waals surface area contributed by atoms with Gasteiger partial charge in [-0.2, -0.15) is 0 Å².